The van der Waals surface area contributed by atoms with Crippen LogP contribution in [0.1, 0.15) is 10.5 Å². The van der Waals surface area contributed by atoms with Crippen molar-refractivity contribution in [3.05, 3.63) is 18.0 Å². The van der Waals surface area contributed by atoms with Crippen molar-refractivity contribution in [2.24, 2.45) is 13.0 Å². The van der Waals surface area contributed by atoms with Crippen molar-refractivity contribution in [2.75, 3.05) is 20.3 Å². The normalized spacial score (nSPS) is 25.7. The number of aryl methyl sites for hydroxylation is 1. The fourth-order valence-electron chi connectivity index (χ4n) is 1.83. The highest BCUT2D eigenvalue weighted by atomic mass is 16.5. The molecule has 15 heavy (non-hydrogen) atoms. The Balaban J connectivity index is 2.13. The lowest BCUT2D eigenvalue weighted by atomic mass is 9.97. The predicted octanol–water partition coefficient (Wildman–Crippen LogP) is -0.163. The van der Waals surface area contributed by atoms with Crippen LogP contribution in [0.5, 0.6) is 0 Å². The summed E-state index contributed by atoms with van der Waals surface area (Å²) in [5.41, 5.74) is 0.522. The number of ketones is 1. The van der Waals surface area contributed by atoms with E-state index in [9.17, 15) is 4.79 Å². The summed E-state index contributed by atoms with van der Waals surface area (Å²) in [6, 6.07) is 1.85. The fourth-order valence-corrected chi connectivity index (χ4v) is 1.83. The molecule has 0 aromatic carbocycles. The van der Waals surface area contributed by atoms with Crippen LogP contribution < -0.4 is 5.32 Å². The number of carbonyl (C=O) groups excluding carboxylic acids is 1. The van der Waals surface area contributed by atoms with Gasteiger partial charge in [0, 0.05) is 19.3 Å². The van der Waals surface area contributed by atoms with Gasteiger partial charge in [-0.1, -0.05) is 0 Å². The maximum absolute atomic E-state index is 12.0. The van der Waals surface area contributed by atoms with Crippen molar-refractivity contribution < 1.29 is 9.53 Å². The van der Waals surface area contributed by atoms with Crippen LogP contribution in [0, 0.1) is 5.92 Å². The molecule has 5 heteroatoms. The van der Waals surface area contributed by atoms with Crippen LogP contribution in [0.2, 0.25) is 0 Å². The van der Waals surface area contributed by atoms with Gasteiger partial charge < -0.3 is 10.1 Å². The first-order valence-electron chi connectivity index (χ1n) is 5.01. The zero-order valence-corrected chi connectivity index (χ0v) is 8.93. The Bertz CT molecular complexity index is 361. The highest BCUT2D eigenvalue weighted by Gasteiger charge is 2.34. The van der Waals surface area contributed by atoms with Crippen LogP contribution in [0.25, 0.3) is 0 Å². The zero-order chi connectivity index (χ0) is 10.8. The maximum atomic E-state index is 12.0. The molecule has 82 valence electrons. The van der Waals surface area contributed by atoms with Crippen LogP contribution in [-0.2, 0) is 11.8 Å². The van der Waals surface area contributed by atoms with E-state index in [4.69, 9.17) is 4.74 Å². The number of likely N-dealkylation sites (N-methyl/N-ethyl adjacent to an activating group) is 1. The van der Waals surface area contributed by atoms with Gasteiger partial charge in [0.15, 0.2) is 5.78 Å². The Morgan fingerprint density at radius 2 is 2.47 bits per heavy atom. The second-order valence-electron chi connectivity index (χ2n) is 3.78. The van der Waals surface area contributed by atoms with Crippen molar-refractivity contribution in [1.29, 1.82) is 0 Å². The second kappa shape index (κ2) is 4.12. The average molecular weight is 209 g/mol. The van der Waals surface area contributed by atoms with Crippen LogP contribution >= 0.6 is 0 Å². The maximum Gasteiger partial charge on any atom is 0.190 e. The largest absolute Gasteiger partial charge is 0.379 e. The van der Waals surface area contributed by atoms with Gasteiger partial charge in [-0.05, 0) is 13.1 Å². The van der Waals surface area contributed by atoms with Gasteiger partial charge >= 0.3 is 0 Å². The molecule has 2 atom stereocenters. The Morgan fingerprint density at radius 3 is 3.07 bits per heavy atom. The lowest BCUT2D eigenvalue weighted by Crippen LogP contribution is -2.37. The lowest BCUT2D eigenvalue weighted by molar-refractivity contribution is 0.0886. The standard InChI is InChI=1S/C10H15N3O2/c1-11-9-6-15-5-7(9)10(14)8-3-4-13(2)12-8/h3-4,7,9,11H,5-6H2,1-2H3. The number of nitrogens with zero attached hydrogens (tertiary/aromatic N) is 2. The summed E-state index contributed by atoms with van der Waals surface area (Å²) in [6.07, 6.45) is 1.78. The molecule has 0 bridgehead atoms. The first-order valence-corrected chi connectivity index (χ1v) is 5.01. The minimum absolute atomic E-state index is 0.0625. The van der Waals surface area contributed by atoms with E-state index in [1.54, 1.807) is 24.0 Å². The van der Waals surface area contributed by atoms with E-state index in [1.165, 1.54) is 0 Å². The summed E-state index contributed by atoms with van der Waals surface area (Å²) in [5.74, 6) is -0.0441. The van der Waals surface area contributed by atoms with Gasteiger partial charge in [-0.2, -0.15) is 5.10 Å². The summed E-state index contributed by atoms with van der Waals surface area (Å²) in [4.78, 5) is 12.0. The number of nitrogens with one attached hydrogen (secondary N) is 1. The summed E-state index contributed by atoms with van der Waals surface area (Å²) in [6.45, 7) is 1.08. The smallest absolute Gasteiger partial charge is 0.190 e. The molecule has 5 nitrogen and oxygen atoms in total. The van der Waals surface area contributed by atoms with Gasteiger partial charge in [-0.25, -0.2) is 0 Å². The van der Waals surface area contributed by atoms with Crippen molar-refractivity contribution in [2.45, 2.75) is 6.04 Å². The molecule has 1 aliphatic rings. The van der Waals surface area contributed by atoms with E-state index in [0.717, 1.165) is 0 Å². The van der Waals surface area contributed by atoms with Gasteiger partial charge in [0.05, 0.1) is 19.1 Å². The minimum Gasteiger partial charge on any atom is -0.379 e. The third-order valence-electron chi connectivity index (χ3n) is 2.75. The lowest BCUT2D eigenvalue weighted by Gasteiger charge is -2.13. The van der Waals surface area contributed by atoms with E-state index in [1.807, 2.05) is 7.05 Å². The molecular weight excluding hydrogens is 194 g/mol. The number of hydrogen-bond donors (Lipinski definition) is 1. The third kappa shape index (κ3) is 1.93. The summed E-state index contributed by atoms with van der Waals surface area (Å²) in [7, 11) is 3.65. The van der Waals surface area contributed by atoms with Gasteiger partial charge in [0.2, 0.25) is 0 Å². The van der Waals surface area contributed by atoms with Crippen molar-refractivity contribution in [3.63, 3.8) is 0 Å². The summed E-state index contributed by atoms with van der Waals surface area (Å²) in [5, 5.41) is 7.20. The molecule has 0 spiro atoms. The van der Waals surface area contributed by atoms with Crippen LogP contribution in [-0.4, -0.2) is 41.9 Å². The van der Waals surface area contributed by atoms with Gasteiger partial charge in [0.1, 0.15) is 5.69 Å². The quantitative estimate of drug-likeness (QED) is 0.703. The number of aromatic nitrogens is 2. The van der Waals surface area contributed by atoms with E-state index in [0.29, 0.717) is 18.9 Å². The molecule has 0 saturated carbocycles. The highest BCUT2D eigenvalue weighted by Crippen LogP contribution is 2.17. The topological polar surface area (TPSA) is 56.1 Å². The first kappa shape index (κ1) is 10.3. The molecule has 2 rings (SSSR count). The number of rotatable bonds is 3. The Kier molecular flexibility index (Phi) is 2.83. The van der Waals surface area contributed by atoms with Crippen LogP contribution in [0.15, 0.2) is 12.3 Å². The van der Waals surface area contributed by atoms with E-state index >= 15 is 0 Å². The summed E-state index contributed by atoms with van der Waals surface area (Å²) < 4.78 is 6.93. The molecule has 2 unspecified atom stereocenters. The van der Waals surface area contributed by atoms with E-state index < -0.39 is 0 Å². The average Bonchev–Trinajstić information content (AvgIpc) is 2.84. The van der Waals surface area contributed by atoms with Crippen molar-refractivity contribution >= 4 is 5.78 Å². The molecule has 1 aromatic heterocycles. The molecule has 1 saturated heterocycles. The van der Waals surface area contributed by atoms with Crippen molar-refractivity contribution in [1.82, 2.24) is 15.1 Å². The molecule has 2 heterocycles. The van der Waals surface area contributed by atoms with E-state index in [2.05, 4.69) is 10.4 Å². The number of ether oxygens (including phenoxy) is 1. The first-order chi connectivity index (χ1) is 7.22. The second-order valence-corrected chi connectivity index (χ2v) is 3.78. The molecule has 0 amide bonds. The molecular formula is C10H15N3O2. The highest BCUT2D eigenvalue weighted by molar-refractivity contribution is 5.96. The minimum atomic E-state index is -0.107. The zero-order valence-electron chi connectivity index (χ0n) is 8.93. The molecule has 0 radical (unpaired) electrons. The molecule has 1 aliphatic heterocycles. The number of carbonyl (C=O) groups is 1. The van der Waals surface area contributed by atoms with Crippen molar-refractivity contribution in [3.8, 4) is 0 Å². The monoisotopic (exact) mass is 209 g/mol. The van der Waals surface area contributed by atoms with Crippen LogP contribution in [0.3, 0.4) is 0 Å². The number of Topliss-reactive ketones (excluding diaryl/α,β-unsaturated/α-hetero) is 1. The van der Waals surface area contributed by atoms with Gasteiger partial charge in [-0.15, -0.1) is 0 Å². The molecule has 1 aromatic rings. The number of hydrogen-bond acceptors (Lipinski definition) is 4. The van der Waals surface area contributed by atoms with Crippen LogP contribution in [0.4, 0.5) is 0 Å². The Morgan fingerprint density at radius 1 is 1.67 bits per heavy atom. The molecule has 0 aliphatic carbocycles. The van der Waals surface area contributed by atoms with Gasteiger partial charge in [-0.3, -0.25) is 9.48 Å². The third-order valence-corrected chi connectivity index (χ3v) is 2.75. The predicted molar refractivity (Wildman–Crippen MR) is 54.7 cm³/mol. The molecule has 1 N–H and O–H groups in total. The summed E-state index contributed by atoms with van der Waals surface area (Å²) >= 11 is 0. The van der Waals surface area contributed by atoms with E-state index in [-0.39, 0.29) is 17.7 Å². The Hall–Kier alpha value is -1.20. The molecule has 1 fully saturated rings. The van der Waals surface area contributed by atoms with Gasteiger partial charge in [0.25, 0.3) is 0 Å². The fraction of sp³-hybridized carbons (Fsp3) is 0.600. The SMILES string of the molecule is CNC1COCC1C(=O)c1ccn(C)n1. The Labute approximate surface area is 88.4 Å².